The molecule has 2 aromatic heterocycles. The second kappa shape index (κ2) is 5.07. The van der Waals surface area contributed by atoms with Gasteiger partial charge in [0, 0.05) is 0 Å². The molecule has 0 fully saturated rings. The van der Waals surface area contributed by atoms with Crippen molar-refractivity contribution in [2.45, 2.75) is 13.8 Å². The van der Waals surface area contributed by atoms with Crippen molar-refractivity contribution in [3.8, 4) is 16.3 Å². The Morgan fingerprint density at radius 3 is 2.65 bits per heavy atom. The van der Waals surface area contributed by atoms with Crippen molar-refractivity contribution >= 4 is 33.0 Å². The molecule has 5 heteroatoms. The van der Waals surface area contributed by atoms with E-state index < -0.39 is 0 Å². The number of aryl methyl sites for hydroxylation is 2. The topological polar surface area (TPSA) is 43.8 Å². The van der Waals surface area contributed by atoms with Crippen LogP contribution in [-0.4, -0.2) is 9.78 Å². The maximum absolute atomic E-state index is 6.11. The quantitative estimate of drug-likeness (QED) is 0.738. The van der Waals surface area contributed by atoms with E-state index in [1.54, 1.807) is 11.3 Å². The van der Waals surface area contributed by atoms with E-state index in [1.807, 2.05) is 23.0 Å². The molecule has 0 amide bonds. The number of nitrogens with two attached hydrogens (primary N) is 1. The van der Waals surface area contributed by atoms with Crippen molar-refractivity contribution in [1.29, 1.82) is 0 Å². The van der Waals surface area contributed by atoms with Crippen LogP contribution >= 0.6 is 27.3 Å². The van der Waals surface area contributed by atoms with Gasteiger partial charge < -0.3 is 5.73 Å². The molecule has 102 valence electrons. The third kappa shape index (κ3) is 2.39. The van der Waals surface area contributed by atoms with E-state index in [1.165, 1.54) is 11.1 Å². The van der Waals surface area contributed by atoms with E-state index in [2.05, 4.69) is 53.1 Å². The van der Waals surface area contributed by atoms with Crippen LogP contribution in [0.1, 0.15) is 11.1 Å². The van der Waals surface area contributed by atoms with Crippen LogP contribution in [0.5, 0.6) is 0 Å². The summed E-state index contributed by atoms with van der Waals surface area (Å²) < 4.78 is 2.93. The van der Waals surface area contributed by atoms with Crippen LogP contribution in [0.3, 0.4) is 0 Å². The fourth-order valence-corrected chi connectivity index (χ4v) is 3.60. The first-order chi connectivity index (χ1) is 9.54. The van der Waals surface area contributed by atoms with Crippen molar-refractivity contribution < 1.29 is 0 Å². The summed E-state index contributed by atoms with van der Waals surface area (Å²) >= 11 is 5.10. The Morgan fingerprint density at radius 2 is 2.00 bits per heavy atom. The first kappa shape index (κ1) is 13.4. The fraction of sp³-hybridized carbons (Fsp3) is 0.133. The molecular weight excluding hydrogens is 334 g/mol. The number of halogens is 1. The van der Waals surface area contributed by atoms with Crippen LogP contribution in [0.4, 0.5) is 5.69 Å². The van der Waals surface area contributed by atoms with Crippen LogP contribution in [0.15, 0.2) is 40.3 Å². The number of anilines is 1. The normalized spacial score (nSPS) is 10.9. The Labute approximate surface area is 130 Å². The lowest BCUT2D eigenvalue weighted by Crippen LogP contribution is -1.98. The molecule has 1 aromatic carbocycles. The molecule has 0 aliphatic heterocycles. The molecule has 0 atom stereocenters. The van der Waals surface area contributed by atoms with Crippen LogP contribution in [0.2, 0.25) is 0 Å². The van der Waals surface area contributed by atoms with Gasteiger partial charge in [0.25, 0.3) is 0 Å². The van der Waals surface area contributed by atoms with Gasteiger partial charge in [-0.2, -0.15) is 5.10 Å². The highest BCUT2D eigenvalue weighted by atomic mass is 79.9. The number of aromatic nitrogens is 2. The predicted octanol–water partition coefficient (Wildman–Crippen LogP) is 4.56. The molecule has 0 spiro atoms. The Morgan fingerprint density at radius 1 is 1.20 bits per heavy atom. The predicted molar refractivity (Wildman–Crippen MR) is 88.5 cm³/mol. The highest BCUT2D eigenvalue weighted by Crippen LogP contribution is 2.34. The number of benzene rings is 1. The van der Waals surface area contributed by atoms with E-state index in [-0.39, 0.29) is 0 Å². The number of hydrogen-bond acceptors (Lipinski definition) is 3. The van der Waals surface area contributed by atoms with Crippen molar-refractivity contribution in [3.05, 3.63) is 51.4 Å². The van der Waals surface area contributed by atoms with Crippen LogP contribution < -0.4 is 5.73 Å². The summed E-state index contributed by atoms with van der Waals surface area (Å²) in [6.45, 7) is 4.17. The monoisotopic (exact) mass is 347 g/mol. The molecule has 0 unspecified atom stereocenters. The van der Waals surface area contributed by atoms with Gasteiger partial charge >= 0.3 is 0 Å². The molecule has 2 N–H and O–H groups in total. The number of rotatable bonds is 2. The number of nitrogens with zero attached hydrogens (tertiary/aromatic N) is 2. The van der Waals surface area contributed by atoms with Gasteiger partial charge in [-0.15, -0.1) is 11.3 Å². The van der Waals surface area contributed by atoms with E-state index in [4.69, 9.17) is 5.73 Å². The molecule has 0 aliphatic rings. The highest BCUT2D eigenvalue weighted by Gasteiger charge is 2.12. The average molecular weight is 348 g/mol. The van der Waals surface area contributed by atoms with E-state index in [0.717, 1.165) is 20.0 Å². The van der Waals surface area contributed by atoms with E-state index in [0.29, 0.717) is 5.69 Å². The van der Waals surface area contributed by atoms with Gasteiger partial charge in [0.15, 0.2) is 0 Å². The number of thiophene rings is 1. The van der Waals surface area contributed by atoms with Gasteiger partial charge in [-0.1, -0.05) is 17.7 Å². The van der Waals surface area contributed by atoms with Crippen molar-refractivity contribution in [2.75, 3.05) is 5.73 Å². The molecule has 0 saturated carbocycles. The zero-order chi connectivity index (χ0) is 14.3. The summed E-state index contributed by atoms with van der Waals surface area (Å²) in [6, 6.07) is 10.3. The van der Waals surface area contributed by atoms with Crippen molar-refractivity contribution in [3.63, 3.8) is 0 Å². The van der Waals surface area contributed by atoms with Gasteiger partial charge in [0.1, 0.15) is 5.69 Å². The minimum Gasteiger partial charge on any atom is -0.396 e. The Hall–Kier alpha value is -1.59. The molecule has 3 rings (SSSR count). The lowest BCUT2D eigenvalue weighted by atomic mass is 10.1. The number of nitrogen functional groups attached to an aromatic ring is 1. The molecule has 0 saturated heterocycles. The number of hydrogen-bond donors (Lipinski definition) is 1. The molecule has 3 aromatic rings. The molecule has 2 heterocycles. The maximum atomic E-state index is 6.11. The molecule has 0 bridgehead atoms. The summed E-state index contributed by atoms with van der Waals surface area (Å²) in [7, 11) is 0. The van der Waals surface area contributed by atoms with Crippen LogP contribution in [0, 0.1) is 13.8 Å². The van der Waals surface area contributed by atoms with E-state index in [9.17, 15) is 0 Å². The van der Waals surface area contributed by atoms with Gasteiger partial charge in [-0.05, 0) is 53.5 Å². The van der Waals surface area contributed by atoms with Gasteiger partial charge in [-0.3, -0.25) is 0 Å². The molecule has 20 heavy (non-hydrogen) atoms. The van der Waals surface area contributed by atoms with Crippen molar-refractivity contribution in [2.24, 2.45) is 0 Å². The largest absolute Gasteiger partial charge is 0.396 e. The summed E-state index contributed by atoms with van der Waals surface area (Å²) in [6.07, 6.45) is 1.88. The molecule has 0 aliphatic carbocycles. The SMILES string of the molecule is Cc1ccc(-n2cc(N)c(-c3ccc(Br)s3)n2)c(C)c1. The Balaban J connectivity index is 2.08. The Bertz CT molecular complexity index is 773. The lowest BCUT2D eigenvalue weighted by Gasteiger charge is -2.06. The third-order valence-corrected chi connectivity index (χ3v) is 4.78. The first-order valence-electron chi connectivity index (χ1n) is 6.23. The highest BCUT2D eigenvalue weighted by molar-refractivity contribution is 9.11. The molecule has 0 radical (unpaired) electrons. The fourth-order valence-electron chi connectivity index (χ4n) is 2.21. The molecular formula is C15H14BrN3S. The third-order valence-electron chi connectivity index (χ3n) is 3.15. The van der Waals surface area contributed by atoms with Gasteiger partial charge in [0.2, 0.25) is 0 Å². The minimum absolute atomic E-state index is 0.694. The average Bonchev–Trinajstić information content (AvgIpc) is 2.95. The zero-order valence-electron chi connectivity index (χ0n) is 11.2. The van der Waals surface area contributed by atoms with Gasteiger partial charge in [-0.25, -0.2) is 4.68 Å². The summed E-state index contributed by atoms with van der Waals surface area (Å²) in [4.78, 5) is 1.07. The minimum atomic E-state index is 0.694. The van der Waals surface area contributed by atoms with Crippen molar-refractivity contribution in [1.82, 2.24) is 9.78 Å². The zero-order valence-corrected chi connectivity index (χ0v) is 13.6. The first-order valence-corrected chi connectivity index (χ1v) is 7.84. The standard InChI is InChI=1S/C15H14BrN3S/c1-9-3-4-12(10(2)7-9)19-8-11(17)15(18-19)13-5-6-14(16)20-13/h3-8H,17H2,1-2H3. The summed E-state index contributed by atoms with van der Waals surface area (Å²) in [5.41, 5.74) is 11.1. The molecule has 3 nitrogen and oxygen atoms in total. The van der Waals surface area contributed by atoms with Gasteiger partial charge in [0.05, 0.1) is 26.2 Å². The maximum Gasteiger partial charge on any atom is 0.126 e. The van der Waals surface area contributed by atoms with Crippen LogP contribution in [-0.2, 0) is 0 Å². The lowest BCUT2D eigenvalue weighted by molar-refractivity contribution is 0.876. The smallest absolute Gasteiger partial charge is 0.126 e. The van der Waals surface area contributed by atoms with Crippen LogP contribution in [0.25, 0.3) is 16.3 Å². The summed E-state index contributed by atoms with van der Waals surface area (Å²) in [5.74, 6) is 0. The second-order valence-electron chi connectivity index (χ2n) is 4.77. The Kier molecular flexibility index (Phi) is 3.40. The second-order valence-corrected chi connectivity index (χ2v) is 7.23. The summed E-state index contributed by atoms with van der Waals surface area (Å²) in [5, 5.41) is 4.64. The van der Waals surface area contributed by atoms with E-state index >= 15 is 0 Å².